The lowest BCUT2D eigenvalue weighted by molar-refractivity contribution is 0.0325. The van der Waals surface area contributed by atoms with Gasteiger partial charge in [0.25, 0.3) is 0 Å². The highest BCUT2D eigenvalue weighted by atomic mass is 35.5. The Labute approximate surface area is 96.7 Å². The number of rotatable bonds is 3. The normalized spacial score (nSPS) is 14.3. The van der Waals surface area contributed by atoms with E-state index < -0.39 is 12.2 Å². The third-order valence-electron chi connectivity index (χ3n) is 1.84. The van der Waals surface area contributed by atoms with Gasteiger partial charge in [-0.2, -0.15) is 5.26 Å². The van der Waals surface area contributed by atoms with Gasteiger partial charge in [-0.3, -0.25) is 0 Å². The second kappa shape index (κ2) is 5.29. The fraction of sp³-hybridized carbons (Fsp3) is 0.333. The van der Waals surface area contributed by atoms with Crippen LogP contribution in [-0.4, -0.2) is 27.2 Å². The maximum absolute atomic E-state index is 9.57. The van der Waals surface area contributed by atoms with E-state index in [1.807, 2.05) is 6.07 Å². The summed E-state index contributed by atoms with van der Waals surface area (Å²) in [6, 6.07) is 3.20. The van der Waals surface area contributed by atoms with Crippen LogP contribution in [0.5, 0.6) is 0 Å². The molecule has 0 aliphatic heterocycles. The fourth-order valence-corrected chi connectivity index (χ4v) is 1.33. The van der Waals surface area contributed by atoms with E-state index in [-0.39, 0.29) is 16.6 Å². The predicted octanol–water partition coefficient (Wildman–Crippen LogP) is 1.24. The summed E-state index contributed by atoms with van der Waals surface area (Å²) >= 11 is 11.0. The zero-order valence-corrected chi connectivity index (χ0v) is 9.07. The zero-order valence-electron chi connectivity index (χ0n) is 7.56. The van der Waals surface area contributed by atoms with Gasteiger partial charge in [0.05, 0.1) is 17.5 Å². The molecule has 2 N–H and O–H groups in total. The first-order chi connectivity index (χ1) is 7.10. The highest BCUT2D eigenvalue weighted by Gasteiger charge is 2.18. The van der Waals surface area contributed by atoms with Gasteiger partial charge in [-0.1, -0.05) is 11.6 Å². The Balaban J connectivity index is 3.02. The van der Waals surface area contributed by atoms with Crippen LogP contribution in [0, 0.1) is 11.3 Å². The summed E-state index contributed by atoms with van der Waals surface area (Å²) in [5.74, 6) is -0.105. The van der Waals surface area contributed by atoms with Crippen LogP contribution in [0.2, 0.25) is 5.15 Å². The molecule has 0 amide bonds. The highest BCUT2D eigenvalue weighted by molar-refractivity contribution is 6.30. The Hall–Kier alpha value is -0.860. The van der Waals surface area contributed by atoms with Crippen LogP contribution in [0.25, 0.3) is 0 Å². The van der Waals surface area contributed by atoms with Crippen molar-refractivity contribution in [1.29, 1.82) is 5.26 Å². The van der Waals surface area contributed by atoms with E-state index in [9.17, 15) is 10.2 Å². The number of aliphatic hydroxyl groups is 2. The molecule has 2 unspecified atom stereocenters. The Morgan fingerprint density at radius 2 is 2.20 bits per heavy atom. The third-order valence-corrected chi connectivity index (χ3v) is 2.46. The molecule has 15 heavy (non-hydrogen) atoms. The molecule has 6 heteroatoms. The Morgan fingerprint density at radius 1 is 1.53 bits per heavy atom. The van der Waals surface area contributed by atoms with Gasteiger partial charge < -0.3 is 10.2 Å². The van der Waals surface area contributed by atoms with E-state index in [1.165, 1.54) is 12.3 Å². The summed E-state index contributed by atoms with van der Waals surface area (Å²) in [5.41, 5.74) is 0.457. The van der Waals surface area contributed by atoms with Crippen LogP contribution >= 0.6 is 23.2 Å². The maximum atomic E-state index is 9.57. The van der Waals surface area contributed by atoms with Crippen LogP contribution < -0.4 is 0 Å². The molecule has 0 saturated heterocycles. The van der Waals surface area contributed by atoms with Crippen LogP contribution in [0.4, 0.5) is 0 Å². The van der Waals surface area contributed by atoms with Crippen molar-refractivity contribution >= 4 is 23.2 Å². The average Bonchev–Trinajstić information content (AvgIpc) is 2.27. The smallest absolute Gasteiger partial charge is 0.146 e. The number of hydrogen-bond donors (Lipinski definition) is 2. The minimum absolute atomic E-state index is 0.0637. The van der Waals surface area contributed by atoms with Crippen molar-refractivity contribution in [3.63, 3.8) is 0 Å². The minimum atomic E-state index is -1.17. The lowest BCUT2D eigenvalue weighted by Crippen LogP contribution is -2.19. The van der Waals surface area contributed by atoms with E-state index in [1.54, 1.807) is 0 Å². The SMILES string of the molecule is N#Cc1cc(C(O)C(O)CCl)cnc1Cl. The molecule has 2 atom stereocenters. The molecule has 1 aromatic rings. The molecular weight excluding hydrogens is 239 g/mol. The number of alkyl halides is 1. The number of nitrogens with zero attached hydrogens (tertiary/aromatic N) is 2. The first-order valence-electron chi connectivity index (χ1n) is 4.07. The van der Waals surface area contributed by atoms with Crippen molar-refractivity contribution in [2.75, 3.05) is 5.88 Å². The van der Waals surface area contributed by atoms with Crippen molar-refractivity contribution in [2.45, 2.75) is 12.2 Å². The molecule has 4 nitrogen and oxygen atoms in total. The van der Waals surface area contributed by atoms with Gasteiger partial charge >= 0.3 is 0 Å². The lowest BCUT2D eigenvalue weighted by atomic mass is 10.1. The van der Waals surface area contributed by atoms with Crippen molar-refractivity contribution in [3.8, 4) is 6.07 Å². The molecule has 0 bridgehead atoms. The maximum Gasteiger partial charge on any atom is 0.146 e. The van der Waals surface area contributed by atoms with E-state index in [0.29, 0.717) is 5.56 Å². The molecule has 1 aromatic heterocycles. The van der Waals surface area contributed by atoms with Crippen molar-refractivity contribution in [1.82, 2.24) is 4.98 Å². The Kier molecular flexibility index (Phi) is 4.30. The van der Waals surface area contributed by atoms with Crippen LogP contribution in [0.1, 0.15) is 17.2 Å². The van der Waals surface area contributed by atoms with Crippen molar-refractivity contribution in [2.24, 2.45) is 0 Å². The number of aromatic nitrogens is 1. The molecule has 0 aromatic carbocycles. The third kappa shape index (κ3) is 2.80. The molecule has 0 aliphatic rings. The molecule has 1 rings (SSSR count). The van der Waals surface area contributed by atoms with Gasteiger partial charge in [-0.15, -0.1) is 11.6 Å². The molecule has 0 radical (unpaired) electrons. The number of nitriles is 1. The van der Waals surface area contributed by atoms with Gasteiger partial charge in [0.15, 0.2) is 0 Å². The number of halogens is 2. The molecule has 0 spiro atoms. The molecule has 80 valence electrons. The second-order valence-electron chi connectivity index (χ2n) is 2.89. The van der Waals surface area contributed by atoms with E-state index in [4.69, 9.17) is 28.5 Å². The van der Waals surface area contributed by atoms with Gasteiger partial charge in [0.1, 0.15) is 17.3 Å². The van der Waals surface area contributed by atoms with Crippen molar-refractivity contribution < 1.29 is 10.2 Å². The Morgan fingerprint density at radius 3 is 2.73 bits per heavy atom. The summed E-state index contributed by atoms with van der Waals surface area (Å²) < 4.78 is 0. The van der Waals surface area contributed by atoms with E-state index >= 15 is 0 Å². The summed E-state index contributed by atoms with van der Waals surface area (Å²) in [6.45, 7) is 0. The van der Waals surface area contributed by atoms with Gasteiger partial charge in [0, 0.05) is 11.8 Å². The van der Waals surface area contributed by atoms with Crippen LogP contribution in [0.15, 0.2) is 12.3 Å². The minimum Gasteiger partial charge on any atom is -0.389 e. The summed E-state index contributed by atoms with van der Waals surface area (Å²) in [4.78, 5) is 3.72. The van der Waals surface area contributed by atoms with Crippen molar-refractivity contribution in [3.05, 3.63) is 28.5 Å². The summed E-state index contributed by atoms with van der Waals surface area (Å²) in [6.07, 6.45) is -0.968. The van der Waals surface area contributed by atoms with E-state index in [0.717, 1.165) is 0 Å². The molecule has 1 heterocycles. The number of pyridine rings is 1. The summed E-state index contributed by atoms with van der Waals surface area (Å²) in [7, 11) is 0. The average molecular weight is 247 g/mol. The van der Waals surface area contributed by atoms with Crippen LogP contribution in [-0.2, 0) is 0 Å². The first kappa shape index (κ1) is 12.2. The van der Waals surface area contributed by atoms with Gasteiger partial charge in [0.2, 0.25) is 0 Å². The van der Waals surface area contributed by atoms with Gasteiger partial charge in [-0.05, 0) is 6.07 Å². The molecule has 0 aliphatic carbocycles. The monoisotopic (exact) mass is 246 g/mol. The molecular formula is C9H8Cl2N2O2. The summed E-state index contributed by atoms with van der Waals surface area (Å²) in [5, 5.41) is 27.6. The highest BCUT2D eigenvalue weighted by Crippen LogP contribution is 2.21. The predicted molar refractivity (Wildman–Crippen MR) is 55.6 cm³/mol. The number of aliphatic hydroxyl groups excluding tert-OH is 2. The first-order valence-corrected chi connectivity index (χ1v) is 4.99. The largest absolute Gasteiger partial charge is 0.389 e. The Bertz CT molecular complexity index is 392. The fourth-order valence-electron chi connectivity index (χ4n) is 1.01. The van der Waals surface area contributed by atoms with Gasteiger partial charge in [-0.25, -0.2) is 4.98 Å². The number of hydrogen-bond acceptors (Lipinski definition) is 4. The molecule has 0 saturated carbocycles. The van der Waals surface area contributed by atoms with E-state index in [2.05, 4.69) is 4.98 Å². The second-order valence-corrected chi connectivity index (χ2v) is 3.55. The standard InChI is InChI=1S/C9H8Cl2N2O2/c10-2-7(14)8(15)6-1-5(3-12)9(11)13-4-6/h1,4,7-8,14-15H,2H2. The molecule has 0 fully saturated rings. The topological polar surface area (TPSA) is 77.1 Å². The quantitative estimate of drug-likeness (QED) is 0.622. The zero-order chi connectivity index (χ0) is 11.4. The van der Waals surface area contributed by atoms with Crippen LogP contribution in [0.3, 0.4) is 0 Å². The lowest BCUT2D eigenvalue weighted by Gasteiger charge is -2.15.